The Morgan fingerprint density at radius 1 is 1.21 bits per heavy atom. The summed E-state index contributed by atoms with van der Waals surface area (Å²) in [5.41, 5.74) is 3.84. The molecule has 0 aliphatic heterocycles. The molecule has 3 aromatic rings. The van der Waals surface area contributed by atoms with E-state index in [4.69, 9.17) is 0 Å². The summed E-state index contributed by atoms with van der Waals surface area (Å²) < 4.78 is 4.97. The van der Waals surface area contributed by atoms with Gasteiger partial charge in [0.25, 0.3) is 5.56 Å². The van der Waals surface area contributed by atoms with Crippen molar-refractivity contribution >= 4 is 45.3 Å². The van der Waals surface area contributed by atoms with E-state index in [2.05, 4.69) is 31.4 Å². The normalized spacial score (nSPS) is 12.2. The van der Waals surface area contributed by atoms with Gasteiger partial charge in [0, 0.05) is 25.1 Å². The van der Waals surface area contributed by atoms with Crippen LogP contribution in [0, 0.1) is 0 Å². The first-order valence-electron chi connectivity index (χ1n) is 8.81. The van der Waals surface area contributed by atoms with Crippen LogP contribution in [0.3, 0.4) is 0 Å². The maximum atomic E-state index is 12.6. The Balaban J connectivity index is 1.97. The van der Waals surface area contributed by atoms with E-state index in [9.17, 15) is 9.59 Å². The zero-order valence-electron chi connectivity index (χ0n) is 15.9. The van der Waals surface area contributed by atoms with Crippen LogP contribution in [-0.4, -0.2) is 24.9 Å². The highest BCUT2D eigenvalue weighted by atomic mass is 79.9. The van der Waals surface area contributed by atoms with E-state index in [1.807, 2.05) is 43.3 Å². The number of aromatic nitrogens is 4. The number of benzene rings is 1. The number of hydrogen-bond acceptors (Lipinski definition) is 5. The molecule has 0 atom stereocenters. The van der Waals surface area contributed by atoms with Crippen LogP contribution in [-0.2, 0) is 20.6 Å². The van der Waals surface area contributed by atoms with Gasteiger partial charge in [-0.2, -0.15) is 10.1 Å². The van der Waals surface area contributed by atoms with Crippen LogP contribution in [0.5, 0.6) is 0 Å². The lowest BCUT2D eigenvalue weighted by atomic mass is 10.2. The zero-order chi connectivity index (χ0) is 20.3. The third kappa shape index (κ3) is 3.84. The summed E-state index contributed by atoms with van der Waals surface area (Å²) in [6, 6.07) is 9.84. The minimum atomic E-state index is -0.415. The second-order valence-corrected chi connectivity index (χ2v) is 7.19. The van der Waals surface area contributed by atoms with Gasteiger partial charge < -0.3 is 4.57 Å². The summed E-state index contributed by atoms with van der Waals surface area (Å²) >= 11 is 3.46. The first-order valence-corrected chi connectivity index (χ1v) is 9.61. The molecule has 0 unspecified atom stereocenters. The van der Waals surface area contributed by atoms with Crippen molar-refractivity contribution in [1.29, 1.82) is 0 Å². The molecule has 1 N–H and O–H groups in total. The Labute approximate surface area is 170 Å². The van der Waals surface area contributed by atoms with Crippen LogP contribution in [0.15, 0.2) is 49.5 Å². The number of allylic oxidation sites excluding steroid dienone is 1. The third-order valence-corrected chi connectivity index (χ3v) is 4.69. The predicted molar refractivity (Wildman–Crippen MR) is 116 cm³/mol. The highest BCUT2D eigenvalue weighted by molar-refractivity contribution is 9.12. The van der Waals surface area contributed by atoms with Gasteiger partial charge in [-0.05, 0) is 34.0 Å². The van der Waals surface area contributed by atoms with Gasteiger partial charge in [0.1, 0.15) is 0 Å². The number of fused-ring (bicyclic) bond motifs is 1. The lowest BCUT2D eigenvalue weighted by Crippen LogP contribution is -2.37. The molecule has 0 radical (unpaired) electrons. The molecule has 2 heterocycles. The van der Waals surface area contributed by atoms with Gasteiger partial charge >= 0.3 is 5.69 Å². The topological polar surface area (TPSA) is 86.2 Å². The molecule has 8 nitrogen and oxygen atoms in total. The fourth-order valence-electron chi connectivity index (χ4n) is 2.87. The molecule has 3 rings (SSSR count). The largest absolute Gasteiger partial charge is 0.332 e. The van der Waals surface area contributed by atoms with Crippen molar-refractivity contribution in [2.45, 2.75) is 19.9 Å². The van der Waals surface area contributed by atoms with Gasteiger partial charge in [-0.1, -0.05) is 37.3 Å². The molecule has 0 fully saturated rings. The molecular formula is C19H21BrN6O2. The Kier molecular flexibility index (Phi) is 5.93. The highest BCUT2D eigenvalue weighted by Crippen LogP contribution is 2.16. The standard InChI is InChI=1S/C19H21BrN6O2/c1-4-10-26-15-16(24(2)19(28)25(3)17(15)27)22-18(26)23-21-12-14(20)11-13-8-6-5-7-9-13/h5-9,11-12H,4,10H2,1-3H3,(H,22,23)/b14-11+,21-12-. The van der Waals surface area contributed by atoms with Crippen molar-refractivity contribution in [3.8, 4) is 0 Å². The number of nitrogens with one attached hydrogen (secondary N) is 1. The molecule has 0 aliphatic rings. The average Bonchev–Trinajstić information content (AvgIpc) is 3.04. The Bertz CT molecular complexity index is 1170. The van der Waals surface area contributed by atoms with E-state index in [1.54, 1.807) is 17.8 Å². The third-order valence-electron chi connectivity index (χ3n) is 4.25. The number of aryl methyl sites for hydroxylation is 2. The molecule has 0 saturated heterocycles. The lowest BCUT2D eigenvalue weighted by molar-refractivity contribution is 0.679. The fraction of sp³-hybridized carbons (Fsp3) is 0.263. The Morgan fingerprint density at radius 2 is 1.93 bits per heavy atom. The van der Waals surface area contributed by atoms with Crippen LogP contribution in [0.2, 0.25) is 0 Å². The molecule has 0 bridgehead atoms. The van der Waals surface area contributed by atoms with E-state index in [1.165, 1.54) is 11.6 Å². The smallest absolute Gasteiger partial charge is 0.303 e. The summed E-state index contributed by atoms with van der Waals surface area (Å²) in [6.07, 6.45) is 4.34. The van der Waals surface area contributed by atoms with E-state index in [0.29, 0.717) is 23.7 Å². The van der Waals surface area contributed by atoms with Gasteiger partial charge in [-0.3, -0.25) is 13.9 Å². The van der Waals surface area contributed by atoms with Gasteiger partial charge in [0.15, 0.2) is 11.2 Å². The first kappa shape index (κ1) is 19.8. The van der Waals surface area contributed by atoms with Crippen LogP contribution in [0.1, 0.15) is 18.9 Å². The van der Waals surface area contributed by atoms with Crippen molar-refractivity contribution < 1.29 is 0 Å². The van der Waals surface area contributed by atoms with Crippen molar-refractivity contribution in [2.75, 3.05) is 5.43 Å². The minimum absolute atomic E-state index is 0.332. The average molecular weight is 445 g/mol. The number of halogens is 1. The number of anilines is 1. The second kappa shape index (κ2) is 8.39. The van der Waals surface area contributed by atoms with Crippen molar-refractivity contribution in [3.05, 3.63) is 61.2 Å². The predicted octanol–water partition coefficient (Wildman–Crippen LogP) is 2.68. The second-order valence-electron chi connectivity index (χ2n) is 6.27. The summed E-state index contributed by atoms with van der Waals surface area (Å²) in [7, 11) is 3.06. The van der Waals surface area contributed by atoms with Crippen LogP contribution >= 0.6 is 15.9 Å². The molecule has 1 aromatic carbocycles. The number of imidazole rings is 1. The maximum Gasteiger partial charge on any atom is 0.332 e. The Hall–Kier alpha value is -2.94. The van der Waals surface area contributed by atoms with Crippen molar-refractivity contribution in [3.63, 3.8) is 0 Å². The van der Waals surface area contributed by atoms with Crippen LogP contribution in [0.25, 0.3) is 17.2 Å². The number of hydrogen-bond donors (Lipinski definition) is 1. The van der Waals surface area contributed by atoms with E-state index in [-0.39, 0.29) is 5.56 Å². The first-order chi connectivity index (χ1) is 13.4. The number of rotatable bonds is 6. The molecule has 0 spiro atoms. The van der Waals surface area contributed by atoms with Crippen molar-refractivity contribution in [1.82, 2.24) is 18.7 Å². The summed E-state index contributed by atoms with van der Waals surface area (Å²) in [5.74, 6) is 0.409. The summed E-state index contributed by atoms with van der Waals surface area (Å²) in [4.78, 5) is 29.2. The maximum absolute atomic E-state index is 12.6. The molecule has 0 aliphatic carbocycles. The molecule has 0 amide bonds. The van der Waals surface area contributed by atoms with Gasteiger partial charge in [0.2, 0.25) is 5.95 Å². The molecule has 28 heavy (non-hydrogen) atoms. The quantitative estimate of drug-likeness (QED) is 0.467. The lowest BCUT2D eigenvalue weighted by Gasteiger charge is -2.07. The molecule has 2 aromatic heterocycles. The fourth-order valence-corrected chi connectivity index (χ4v) is 3.24. The van der Waals surface area contributed by atoms with Gasteiger partial charge in [-0.25, -0.2) is 10.2 Å². The number of hydrazone groups is 1. The van der Waals surface area contributed by atoms with E-state index >= 15 is 0 Å². The molecule has 0 saturated carbocycles. The zero-order valence-corrected chi connectivity index (χ0v) is 17.5. The van der Waals surface area contributed by atoms with Crippen LogP contribution < -0.4 is 16.7 Å². The monoisotopic (exact) mass is 444 g/mol. The van der Waals surface area contributed by atoms with Gasteiger partial charge in [-0.15, -0.1) is 0 Å². The van der Waals surface area contributed by atoms with E-state index in [0.717, 1.165) is 21.0 Å². The molecule has 146 valence electrons. The summed E-state index contributed by atoms with van der Waals surface area (Å²) in [5, 5.41) is 4.21. The Morgan fingerprint density at radius 3 is 2.61 bits per heavy atom. The van der Waals surface area contributed by atoms with Gasteiger partial charge in [0.05, 0.1) is 6.21 Å². The molecule has 9 heteroatoms. The summed E-state index contributed by atoms with van der Waals surface area (Å²) in [6.45, 7) is 2.58. The number of nitrogens with zero attached hydrogens (tertiary/aromatic N) is 5. The molecular weight excluding hydrogens is 424 g/mol. The van der Waals surface area contributed by atoms with Crippen molar-refractivity contribution in [2.24, 2.45) is 19.2 Å². The SMILES string of the molecule is CCCn1c(N/N=C\C(Br)=C/c2ccccc2)nc2c1c(=O)n(C)c(=O)n2C. The van der Waals surface area contributed by atoms with E-state index < -0.39 is 5.69 Å². The van der Waals surface area contributed by atoms with Crippen LogP contribution in [0.4, 0.5) is 5.95 Å². The minimum Gasteiger partial charge on any atom is -0.303 e. The highest BCUT2D eigenvalue weighted by Gasteiger charge is 2.18.